The summed E-state index contributed by atoms with van der Waals surface area (Å²) in [5.41, 5.74) is 6.02. The third-order valence-corrected chi connectivity index (χ3v) is 5.90. The minimum Gasteiger partial charge on any atom is -0.378 e. The van der Waals surface area contributed by atoms with E-state index in [0.717, 1.165) is 11.5 Å². The summed E-state index contributed by atoms with van der Waals surface area (Å²) >= 11 is 1.23. The summed E-state index contributed by atoms with van der Waals surface area (Å²) in [6.07, 6.45) is 0. The molecular weight excluding hydrogens is 447 g/mol. The highest BCUT2D eigenvalue weighted by Crippen LogP contribution is 2.24. The van der Waals surface area contributed by atoms with Gasteiger partial charge < -0.3 is 9.64 Å². The molecule has 0 atom stereocenters. The van der Waals surface area contributed by atoms with Crippen LogP contribution in [0.3, 0.4) is 0 Å². The van der Waals surface area contributed by atoms with Crippen molar-refractivity contribution in [2.45, 2.75) is 11.7 Å². The molecule has 0 spiro atoms. The molecule has 1 aromatic heterocycles. The third-order valence-electron chi connectivity index (χ3n) is 4.93. The second-order valence-electron chi connectivity index (χ2n) is 7.25. The van der Waals surface area contributed by atoms with Gasteiger partial charge in [-0.1, -0.05) is 42.1 Å². The topological polar surface area (TPSA) is 101 Å². The SMILES string of the molecule is O=C(CSc1nnc(N2CCOCC2)n1Cc1ccccc1)NNC(=O)c1ccc(F)cc1. The van der Waals surface area contributed by atoms with E-state index in [1.165, 1.54) is 36.0 Å². The highest BCUT2D eigenvalue weighted by Gasteiger charge is 2.21. The lowest BCUT2D eigenvalue weighted by atomic mass is 10.2. The fraction of sp³-hybridized carbons (Fsp3) is 0.273. The molecule has 4 rings (SSSR count). The number of rotatable bonds is 7. The van der Waals surface area contributed by atoms with Gasteiger partial charge in [0.1, 0.15) is 5.82 Å². The molecule has 11 heteroatoms. The summed E-state index contributed by atoms with van der Waals surface area (Å²) in [6.45, 7) is 3.24. The van der Waals surface area contributed by atoms with Crippen LogP contribution in [0.1, 0.15) is 15.9 Å². The smallest absolute Gasteiger partial charge is 0.269 e. The van der Waals surface area contributed by atoms with Crippen molar-refractivity contribution in [3.05, 3.63) is 71.5 Å². The maximum atomic E-state index is 13.0. The number of hydrogen-bond donors (Lipinski definition) is 2. The number of ether oxygens (including phenoxy) is 1. The van der Waals surface area contributed by atoms with Gasteiger partial charge in [0, 0.05) is 18.7 Å². The van der Waals surface area contributed by atoms with E-state index in [-0.39, 0.29) is 11.3 Å². The molecule has 9 nitrogen and oxygen atoms in total. The Hall–Kier alpha value is -3.44. The Morgan fingerprint density at radius 2 is 1.73 bits per heavy atom. The molecule has 1 fully saturated rings. The van der Waals surface area contributed by atoms with Crippen molar-refractivity contribution in [2.24, 2.45) is 0 Å². The van der Waals surface area contributed by atoms with Crippen LogP contribution in [0.4, 0.5) is 10.3 Å². The van der Waals surface area contributed by atoms with Crippen LogP contribution in [0.2, 0.25) is 0 Å². The zero-order valence-corrected chi connectivity index (χ0v) is 18.6. The van der Waals surface area contributed by atoms with E-state index >= 15 is 0 Å². The van der Waals surface area contributed by atoms with E-state index in [1.54, 1.807) is 0 Å². The lowest BCUT2D eigenvalue weighted by Gasteiger charge is -2.28. The zero-order valence-electron chi connectivity index (χ0n) is 17.7. The predicted molar refractivity (Wildman–Crippen MR) is 121 cm³/mol. The van der Waals surface area contributed by atoms with Crippen LogP contribution in [-0.2, 0) is 16.1 Å². The van der Waals surface area contributed by atoms with Crippen LogP contribution in [-0.4, -0.2) is 58.6 Å². The number of hydrogen-bond acceptors (Lipinski definition) is 7. The number of aromatic nitrogens is 3. The Bertz CT molecular complexity index is 1090. The average Bonchev–Trinajstić information content (AvgIpc) is 3.25. The molecule has 0 radical (unpaired) electrons. The van der Waals surface area contributed by atoms with Crippen molar-refractivity contribution in [1.82, 2.24) is 25.6 Å². The molecule has 2 heterocycles. The minimum absolute atomic E-state index is 0.0275. The molecule has 3 aromatic rings. The van der Waals surface area contributed by atoms with Gasteiger partial charge in [0.2, 0.25) is 11.9 Å². The maximum absolute atomic E-state index is 13.0. The van der Waals surface area contributed by atoms with Crippen molar-refractivity contribution in [1.29, 1.82) is 0 Å². The number of hydrazine groups is 1. The first kappa shape index (κ1) is 22.7. The van der Waals surface area contributed by atoms with Gasteiger partial charge in [-0.3, -0.25) is 25.0 Å². The molecule has 2 N–H and O–H groups in total. The largest absolute Gasteiger partial charge is 0.378 e. The van der Waals surface area contributed by atoms with Gasteiger partial charge in [-0.05, 0) is 29.8 Å². The van der Waals surface area contributed by atoms with Crippen LogP contribution in [0.5, 0.6) is 0 Å². The summed E-state index contributed by atoms with van der Waals surface area (Å²) in [5, 5.41) is 9.26. The maximum Gasteiger partial charge on any atom is 0.269 e. The summed E-state index contributed by atoms with van der Waals surface area (Å²) in [6, 6.07) is 15.0. The van der Waals surface area contributed by atoms with E-state index in [4.69, 9.17) is 4.74 Å². The number of morpholine rings is 1. The number of nitrogens with one attached hydrogen (secondary N) is 2. The van der Waals surface area contributed by atoms with Gasteiger partial charge in [0.25, 0.3) is 5.91 Å². The predicted octanol–water partition coefficient (Wildman–Crippen LogP) is 1.86. The van der Waals surface area contributed by atoms with Crippen molar-refractivity contribution < 1.29 is 18.7 Å². The van der Waals surface area contributed by atoms with Crippen LogP contribution < -0.4 is 15.8 Å². The summed E-state index contributed by atoms with van der Waals surface area (Å²) in [7, 11) is 0. The average molecular weight is 471 g/mol. The molecule has 1 aliphatic rings. The molecule has 2 aromatic carbocycles. The van der Waals surface area contributed by atoms with Gasteiger partial charge in [0.05, 0.1) is 25.5 Å². The van der Waals surface area contributed by atoms with Crippen LogP contribution in [0.25, 0.3) is 0 Å². The van der Waals surface area contributed by atoms with Gasteiger partial charge in [-0.25, -0.2) is 4.39 Å². The molecule has 0 saturated carbocycles. The second kappa shape index (κ2) is 10.9. The Labute approximate surface area is 194 Å². The first-order chi connectivity index (χ1) is 16.1. The summed E-state index contributed by atoms with van der Waals surface area (Å²) in [4.78, 5) is 26.5. The van der Waals surface area contributed by atoms with Gasteiger partial charge in [-0.2, -0.15) is 0 Å². The molecule has 0 aliphatic carbocycles. The lowest BCUT2D eigenvalue weighted by Crippen LogP contribution is -2.42. The normalized spacial score (nSPS) is 13.5. The Kier molecular flexibility index (Phi) is 7.53. The highest BCUT2D eigenvalue weighted by atomic mass is 32.2. The van der Waals surface area contributed by atoms with Gasteiger partial charge >= 0.3 is 0 Å². The van der Waals surface area contributed by atoms with E-state index in [9.17, 15) is 14.0 Å². The number of benzene rings is 2. The lowest BCUT2D eigenvalue weighted by molar-refractivity contribution is -0.119. The third kappa shape index (κ3) is 6.08. The van der Waals surface area contributed by atoms with Crippen LogP contribution in [0.15, 0.2) is 59.8 Å². The monoisotopic (exact) mass is 470 g/mol. The van der Waals surface area contributed by atoms with Crippen molar-refractivity contribution in [2.75, 3.05) is 37.0 Å². The number of anilines is 1. The zero-order chi connectivity index (χ0) is 23.0. The van der Waals surface area contributed by atoms with Crippen LogP contribution >= 0.6 is 11.8 Å². The molecule has 0 unspecified atom stereocenters. The van der Waals surface area contributed by atoms with Gasteiger partial charge in [0.15, 0.2) is 5.16 Å². The van der Waals surface area contributed by atoms with E-state index in [0.29, 0.717) is 38.0 Å². The quantitative estimate of drug-likeness (QED) is 0.401. The molecule has 0 bridgehead atoms. The fourth-order valence-electron chi connectivity index (χ4n) is 3.26. The first-order valence-electron chi connectivity index (χ1n) is 10.4. The minimum atomic E-state index is -0.532. The summed E-state index contributed by atoms with van der Waals surface area (Å²) in [5.74, 6) is -0.620. The Balaban J connectivity index is 1.39. The van der Waals surface area contributed by atoms with E-state index in [2.05, 4.69) is 25.9 Å². The molecular formula is C22H23FN6O3S. The molecule has 172 valence electrons. The van der Waals surface area contributed by atoms with Gasteiger partial charge in [-0.15, -0.1) is 10.2 Å². The Morgan fingerprint density at radius 3 is 2.45 bits per heavy atom. The standard InChI is InChI=1S/C22H23FN6O3S/c23-18-8-6-17(7-9-18)20(31)25-24-19(30)15-33-22-27-26-21(28-10-12-32-13-11-28)29(22)14-16-4-2-1-3-5-16/h1-9H,10-15H2,(H,24,30)(H,25,31). The number of thioether (sulfide) groups is 1. The van der Waals surface area contributed by atoms with E-state index in [1.807, 2.05) is 34.9 Å². The summed E-state index contributed by atoms with van der Waals surface area (Å²) < 4.78 is 20.4. The van der Waals surface area contributed by atoms with Crippen LogP contribution in [0, 0.1) is 5.82 Å². The number of carbonyl (C=O) groups excluding carboxylic acids is 2. The van der Waals surface area contributed by atoms with Crippen molar-refractivity contribution in [3.8, 4) is 0 Å². The Morgan fingerprint density at radius 1 is 1.00 bits per heavy atom. The van der Waals surface area contributed by atoms with Crippen molar-refractivity contribution in [3.63, 3.8) is 0 Å². The number of halogens is 1. The van der Waals surface area contributed by atoms with E-state index < -0.39 is 17.6 Å². The molecule has 2 amide bonds. The molecule has 33 heavy (non-hydrogen) atoms. The highest BCUT2D eigenvalue weighted by molar-refractivity contribution is 7.99. The second-order valence-corrected chi connectivity index (χ2v) is 8.19. The first-order valence-corrected chi connectivity index (χ1v) is 11.4. The molecule has 1 saturated heterocycles. The molecule has 1 aliphatic heterocycles. The number of carbonyl (C=O) groups is 2. The number of nitrogens with zero attached hydrogens (tertiary/aromatic N) is 4. The van der Waals surface area contributed by atoms with Crippen molar-refractivity contribution >= 4 is 29.5 Å². The fourth-order valence-corrected chi connectivity index (χ4v) is 3.99. The number of amides is 2.